The van der Waals surface area contributed by atoms with Crippen LogP contribution in [0.15, 0.2) is 52.1 Å². The molecular formula is C25H31N5O6. The summed E-state index contributed by atoms with van der Waals surface area (Å²) in [6, 6.07) is 12.5. The molecule has 11 heteroatoms. The molecule has 1 aromatic heterocycles. The molecule has 0 aliphatic carbocycles. The SMILES string of the molecule is CCCN(CC(=O)Nc1cc(OC)c(OC)c(OC)c1)c1c(N)n(Cc2ccccc2)c(=O)[nH]c1=O. The van der Waals surface area contributed by atoms with Crippen LogP contribution in [0.25, 0.3) is 0 Å². The van der Waals surface area contributed by atoms with E-state index in [0.29, 0.717) is 35.9 Å². The summed E-state index contributed by atoms with van der Waals surface area (Å²) < 4.78 is 17.3. The second kappa shape index (κ2) is 11.8. The number of aromatic nitrogens is 2. The first-order valence-electron chi connectivity index (χ1n) is 11.3. The third-order valence-electron chi connectivity index (χ3n) is 5.49. The van der Waals surface area contributed by atoms with Crippen LogP contribution in [0.3, 0.4) is 0 Å². The summed E-state index contributed by atoms with van der Waals surface area (Å²) in [4.78, 5) is 42.2. The average Bonchev–Trinajstić information content (AvgIpc) is 2.86. The zero-order chi connectivity index (χ0) is 26.2. The Morgan fingerprint density at radius 3 is 2.25 bits per heavy atom. The van der Waals surface area contributed by atoms with Crippen LogP contribution in [0.5, 0.6) is 17.2 Å². The van der Waals surface area contributed by atoms with Crippen molar-refractivity contribution in [3.05, 3.63) is 68.9 Å². The van der Waals surface area contributed by atoms with E-state index >= 15 is 0 Å². The molecule has 1 amide bonds. The van der Waals surface area contributed by atoms with Gasteiger partial charge in [0, 0.05) is 24.4 Å². The molecule has 0 bridgehead atoms. The molecule has 192 valence electrons. The molecule has 0 saturated heterocycles. The van der Waals surface area contributed by atoms with E-state index in [0.717, 1.165) is 5.56 Å². The first-order chi connectivity index (χ1) is 17.3. The number of H-pyrrole nitrogens is 1. The van der Waals surface area contributed by atoms with Gasteiger partial charge in [-0.1, -0.05) is 37.3 Å². The predicted molar refractivity (Wildman–Crippen MR) is 139 cm³/mol. The van der Waals surface area contributed by atoms with Crippen LogP contribution in [0.1, 0.15) is 18.9 Å². The lowest BCUT2D eigenvalue weighted by molar-refractivity contribution is -0.115. The van der Waals surface area contributed by atoms with Crippen molar-refractivity contribution in [2.24, 2.45) is 0 Å². The Morgan fingerprint density at radius 1 is 1.06 bits per heavy atom. The molecule has 36 heavy (non-hydrogen) atoms. The fraction of sp³-hybridized carbons (Fsp3) is 0.320. The van der Waals surface area contributed by atoms with Gasteiger partial charge in [0.1, 0.15) is 11.5 Å². The lowest BCUT2D eigenvalue weighted by Crippen LogP contribution is -2.42. The summed E-state index contributed by atoms with van der Waals surface area (Å²) >= 11 is 0. The van der Waals surface area contributed by atoms with Gasteiger partial charge in [-0.3, -0.25) is 19.1 Å². The van der Waals surface area contributed by atoms with Crippen molar-refractivity contribution >= 4 is 23.1 Å². The van der Waals surface area contributed by atoms with Crippen molar-refractivity contribution in [1.82, 2.24) is 9.55 Å². The summed E-state index contributed by atoms with van der Waals surface area (Å²) in [5, 5.41) is 2.79. The van der Waals surface area contributed by atoms with E-state index in [4.69, 9.17) is 19.9 Å². The number of anilines is 3. The van der Waals surface area contributed by atoms with E-state index in [9.17, 15) is 14.4 Å². The smallest absolute Gasteiger partial charge is 0.330 e. The summed E-state index contributed by atoms with van der Waals surface area (Å²) in [7, 11) is 4.44. The quantitative estimate of drug-likeness (QED) is 0.366. The molecule has 3 aromatic rings. The standard InChI is InChI=1S/C25H31N5O6/c1-5-11-29(15-20(31)27-17-12-18(34-2)22(36-4)19(13-17)35-3)21-23(26)30(25(33)28-24(21)32)14-16-9-7-6-8-10-16/h6-10,12-13H,5,11,14-15,26H2,1-4H3,(H,27,31)(H,28,32,33). The first-order valence-corrected chi connectivity index (χ1v) is 11.3. The van der Waals surface area contributed by atoms with Gasteiger partial charge in [-0.05, 0) is 12.0 Å². The Labute approximate surface area is 208 Å². The number of aromatic amines is 1. The lowest BCUT2D eigenvalue weighted by atomic mass is 10.2. The molecule has 0 radical (unpaired) electrons. The van der Waals surface area contributed by atoms with Crippen molar-refractivity contribution in [3.8, 4) is 17.2 Å². The Balaban J connectivity index is 1.91. The molecule has 1 heterocycles. The van der Waals surface area contributed by atoms with Crippen molar-refractivity contribution in [3.63, 3.8) is 0 Å². The largest absolute Gasteiger partial charge is 0.493 e. The van der Waals surface area contributed by atoms with E-state index in [-0.39, 0.29) is 24.6 Å². The number of rotatable bonds is 11. The van der Waals surface area contributed by atoms with Gasteiger partial charge < -0.3 is 30.2 Å². The lowest BCUT2D eigenvalue weighted by Gasteiger charge is -2.25. The number of benzene rings is 2. The van der Waals surface area contributed by atoms with Crippen LogP contribution in [0, 0.1) is 0 Å². The van der Waals surface area contributed by atoms with E-state index in [2.05, 4.69) is 10.3 Å². The van der Waals surface area contributed by atoms with Crippen LogP contribution in [-0.2, 0) is 11.3 Å². The number of nitrogens with zero attached hydrogens (tertiary/aromatic N) is 2. The van der Waals surface area contributed by atoms with Crippen molar-refractivity contribution in [2.75, 3.05) is 50.4 Å². The molecule has 4 N–H and O–H groups in total. The number of nitrogens with one attached hydrogen (secondary N) is 2. The van der Waals surface area contributed by atoms with E-state index < -0.39 is 17.2 Å². The highest BCUT2D eigenvalue weighted by Crippen LogP contribution is 2.39. The molecule has 2 aromatic carbocycles. The van der Waals surface area contributed by atoms with Gasteiger partial charge in [0.05, 0.1) is 34.4 Å². The fourth-order valence-electron chi connectivity index (χ4n) is 3.87. The molecule has 0 aliphatic heterocycles. The molecule has 0 atom stereocenters. The van der Waals surface area contributed by atoms with Gasteiger partial charge in [0.25, 0.3) is 5.56 Å². The zero-order valence-electron chi connectivity index (χ0n) is 20.8. The minimum atomic E-state index is -0.657. The highest BCUT2D eigenvalue weighted by atomic mass is 16.5. The first kappa shape index (κ1) is 26.2. The normalized spacial score (nSPS) is 10.6. The Morgan fingerprint density at radius 2 is 1.69 bits per heavy atom. The number of nitrogens with two attached hydrogens (primary N) is 1. The Bertz CT molecular complexity index is 1290. The van der Waals surface area contributed by atoms with Gasteiger partial charge in [-0.2, -0.15) is 0 Å². The minimum Gasteiger partial charge on any atom is -0.493 e. The highest BCUT2D eigenvalue weighted by molar-refractivity contribution is 5.95. The topological polar surface area (TPSA) is 141 Å². The van der Waals surface area contributed by atoms with Crippen LogP contribution in [0.4, 0.5) is 17.2 Å². The summed E-state index contributed by atoms with van der Waals surface area (Å²) in [6.45, 7) is 2.27. The van der Waals surface area contributed by atoms with E-state index in [1.54, 1.807) is 17.0 Å². The van der Waals surface area contributed by atoms with E-state index in [1.807, 2.05) is 37.3 Å². The van der Waals surface area contributed by atoms with Crippen LogP contribution >= 0.6 is 0 Å². The van der Waals surface area contributed by atoms with Crippen molar-refractivity contribution < 1.29 is 19.0 Å². The van der Waals surface area contributed by atoms with Crippen LogP contribution in [0.2, 0.25) is 0 Å². The van der Waals surface area contributed by atoms with E-state index in [1.165, 1.54) is 25.9 Å². The van der Waals surface area contributed by atoms with Gasteiger partial charge in [0.2, 0.25) is 11.7 Å². The fourth-order valence-corrected chi connectivity index (χ4v) is 3.87. The molecule has 3 rings (SSSR count). The maximum atomic E-state index is 13.0. The minimum absolute atomic E-state index is 0.0124. The monoisotopic (exact) mass is 497 g/mol. The molecule has 0 unspecified atom stereocenters. The van der Waals surface area contributed by atoms with Gasteiger partial charge in [0.15, 0.2) is 11.5 Å². The number of ether oxygens (including phenoxy) is 3. The molecule has 0 spiro atoms. The molecule has 0 fully saturated rings. The van der Waals surface area contributed by atoms with Gasteiger partial charge >= 0.3 is 5.69 Å². The summed E-state index contributed by atoms with van der Waals surface area (Å²) in [5.74, 6) is 0.738. The summed E-state index contributed by atoms with van der Waals surface area (Å²) in [5.41, 5.74) is 6.36. The Kier molecular flexibility index (Phi) is 8.61. The second-order valence-corrected chi connectivity index (χ2v) is 7.95. The number of amides is 1. The molecule has 0 aliphatic rings. The third kappa shape index (κ3) is 5.80. The number of carbonyl (C=O) groups excluding carboxylic acids is 1. The number of nitrogen functional groups attached to an aromatic ring is 1. The van der Waals surface area contributed by atoms with Crippen LogP contribution in [-0.4, -0.2) is 49.9 Å². The maximum absolute atomic E-state index is 13.0. The second-order valence-electron chi connectivity index (χ2n) is 7.95. The zero-order valence-corrected chi connectivity index (χ0v) is 20.8. The predicted octanol–water partition coefficient (Wildman–Crippen LogP) is 2.05. The Hall–Kier alpha value is -4.41. The number of hydrogen-bond donors (Lipinski definition) is 3. The third-order valence-corrected chi connectivity index (χ3v) is 5.49. The molecular weight excluding hydrogens is 466 g/mol. The van der Waals surface area contributed by atoms with Gasteiger partial charge in [-0.25, -0.2) is 4.79 Å². The number of hydrogen-bond acceptors (Lipinski definition) is 8. The van der Waals surface area contributed by atoms with Gasteiger partial charge in [-0.15, -0.1) is 0 Å². The number of carbonyl (C=O) groups is 1. The molecule has 0 saturated carbocycles. The average molecular weight is 498 g/mol. The highest BCUT2D eigenvalue weighted by Gasteiger charge is 2.22. The van der Waals surface area contributed by atoms with Crippen molar-refractivity contribution in [1.29, 1.82) is 0 Å². The van der Waals surface area contributed by atoms with Crippen LogP contribution < -0.4 is 41.4 Å². The van der Waals surface area contributed by atoms with Crippen molar-refractivity contribution in [2.45, 2.75) is 19.9 Å². The maximum Gasteiger partial charge on any atom is 0.330 e. The summed E-state index contributed by atoms with van der Waals surface area (Å²) in [6.07, 6.45) is 0.633. The molecule has 11 nitrogen and oxygen atoms in total. The number of methoxy groups -OCH3 is 3.